The predicted octanol–water partition coefficient (Wildman–Crippen LogP) is 10.1. The average Bonchev–Trinajstić information content (AvgIpc) is 3.03. The number of allylic oxidation sites excluding steroid dienone is 8. The smallest absolute Gasteiger partial charge is 0.163 e. The minimum Gasteiger partial charge on any atom is -0.493 e. The lowest BCUT2D eigenvalue weighted by atomic mass is 10.1. The second-order valence-corrected chi connectivity index (χ2v) is 12.0. The summed E-state index contributed by atoms with van der Waals surface area (Å²) in [6.07, 6.45) is 18.6. The molecule has 0 saturated heterocycles. The Balaban J connectivity index is 1.90. The zero-order valence-corrected chi connectivity index (χ0v) is 29.5. The Kier molecular flexibility index (Phi) is 17.5. The zero-order valence-electron chi connectivity index (χ0n) is 29.5. The van der Waals surface area contributed by atoms with Gasteiger partial charge in [-0.15, -0.1) is 0 Å². The van der Waals surface area contributed by atoms with E-state index in [0.717, 1.165) is 36.8 Å². The molecule has 0 radical (unpaired) electrons. The molecule has 2 rings (SSSR count). The monoisotopic (exact) mass is 640 g/mol. The quantitative estimate of drug-likeness (QED) is 0.0815. The van der Waals surface area contributed by atoms with Crippen LogP contribution in [0.5, 0.6) is 23.0 Å². The van der Waals surface area contributed by atoms with Crippen LogP contribution in [0.25, 0.3) is 12.2 Å². The number of hydrogen-bond donors (Lipinski definition) is 0. The van der Waals surface area contributed by atoms with E-state index in [0.29, 0.717) is 36.2 Å². The molecule has 6 heteroatoms. The first-order chi connectivity index (χ1) is 22.5. The van der Waals surface area contributed by atoms with Crippen molar-refractivity contribution < 1.29 is 28.5 Å². The standard InChI is InChI=1S/C41H52O6/c1-30(2)11-9-13-32(5)23-25-46-38-21-17-34(27-40(38)44-7)15-19-36(42)29-37(43)20-16-35-18-22-39(41(28-35)45-8)47-26-24-33(6)14-10-12-31(3)4/h11-12,15-24,27-28H,9-10,13-14,25-26,29H2,1-8H3. The Bertz CT molecular complexity index is 1390. The van der Waals surface area contributed by atoms with Crippen molar-refractivity contribution in [3.8, 4) is 23.0 Å². The SMILES string of the molecule is COc1cc(C=CC(=O)CC(=O)C=Cc2ccc(OCC=C(C)CCC=C(C)C)c(OC)c2)ccc1OCC=C(C)CCC=C(C)C. The van der Waals surface area contributed by atoms with Gasteiger partial charge >= 0.3 is 0 Å². The maximum Gasteiger partial charge on any atom is 0.163 e. The Hall–Kier alpha value is -4.58. The summed E-state index contributed by atoms with van der Waals surface area (Å²) in [4.78, 5) is 25.0. The first-order valence-corrected chi connectivity index (χ1v) is 16.1. The van der Waals surface area contributed by atoms with Crippen molar-refractivity contribution in [1.82, 2.24) is 0 Å². The van der Waals surface area contributed by atoms with Crippen LogP contribution in [-0.2, 0) is 9.59 Å². The first-order valence-electron chi connectivity index (χ1n) is 16.1. The van der Waals surface area contributed by atoms with Crippen molar-refractivity contribution in [1.29, 1.82) is 0 Å². The Labute approximate surface area is 282 Å². The Morgan fingerprint density at radius 3 is 1.34 bits per heavy atom. The molecule has 47 heavy (non-hydrogen) atoms. The molecule has 0 saturated carbocycles. The van der Waals surface area contributed by atoms with Crippen molar-refractivity contribution in [3.05, 3.63) is 106 Å². The van der Waals surface area contributed by atoms with Crippen LogP contribution in [0.4, 0.5) is 0 Å². The lowest BCUT2D eigenvalue weighted by molar-refractivity contribution is -0.121. The third-order valence-corrected chi connectivity index (χ3v) is 7.17. The number of carbonyl (C=O) groups excluding carboxylic acids is 2. The molecule has 0 aliphatic carbocycles. The van der Waals surface area contributed by atoms with Gasteiger partial charge in [-0.3, -0.25) is 9.59 Å². The van der Waals surface area contributed by atoms with E-state index in [-0.39, 0.29) is 18.0 Å². The van der Waals surface area contributed by atoms with E-state index >= 15 is 0 Å². The molecule has 0 aliphatic heterocycles. The van der Waals surface area contributed by atoms with Gasteiger partial charge in [0.15, 0.2) is 34.6 Å². The van der Waals surface area contributed by atoms with Gasteiger partial charge in [-0.25, -0.2) is 0 Å². The highest BCUT2D eigenvalue weighted by molar-refractivity contribution is 6.10. The van der Waals surface area contributed by atoms with E-state index in [2.05, 4.69) is 65.8 Å². The first kappa shape index (κ1) is 38.6. The van der Waals surface area contributed by atoms with E-state index in [9.17, 15) is 9.59 Å². The molecule has 0 fully saturated rings. The van der Waals surface area contributed by atoms with E-state index in [1.54, 1.807) is 38.5 Å². The normalized spacial score (nSPS) is 11.8. The molecule has 0 aromatic heterocycles. The van der Waals surface area contributed by atoms with Gasteiger partial charge in [-0.1, -0.05) is 58.7 Å². The van der Waals surface area contributed by atoms with Gasteiger partial charge in [-0.2, -0.15) is 0 Å². The van der Waals surface area contributed by atoms with Gasteiger partial charge in [-0.05, 0) is 127 Å². The highest BCUT2D eigenvalue weighted by Gasteiger charge is 2.08. The number of methoxy groups -OCH3 is 2. The second-order valence-electron chi connectivity index (χ2n) is 12.0. The van der Waals surface area contributed by atoms with Crippen LogP contribution >= 0.6 is 0 Å². The van der Waals surface area contributed by atoms with Crippen LogP contribution in [0, 0.1) is 0 Å². The van der Waals surface area contributed by atoms with E-state index in [4.69, 9.17) is 18.9 Å². The van der Waals surface area contributed by atoms with Gasteiger partial charge in [0.1, 0.15) is 13.2 Å². The molecule has 0 bridgehead atoms. The van der Waals surface area contributed by atoms with Gasteiger partial charge in [0.05, 0.1) is 20.6 Å². The molecule has 0 atom stereocenters. The van der Waals surface area contributed by atoms with Crippen LogP contribution in [0.1, 0.15) is 84.8 Å². The fourth-order valence-corrected chi connectivity index (χ4v) is 4.41. The topological polar surface area (TPSA) is 71.1 Å². The van der Waals surface area contributed by atoms with E-state index in [1.807, 2.05) is 24.3 Å². The summed E-state index contributed by atoms with van der Waals surface area (Å²) < 4.78 is 22.8. The summed E-state index contributed by atoms with van der Waals surface area (Å²) in [5, 5.41) is 0. The van der Waals surface area contributed by atoms with Crippen LogP contribution in [-0.4, -0.2) is 39.0 Å². The highest BCUT2D eigenvalue weighted by Crippen LogP contribution is 2.30. The number of hydrogen-bond acceptors (Lipinski definition) is 6. The van der Waals surface area contributed by atoms with Crippen LogP contribution in [0.3, 0.4) is 0 Å². The lowest BCUT2D eigenvalue weighted by Gasteiger charge is -2.10. The van der Waals surface area contributed by atoms with Gasteiger partial charge in [0.25, 0.3) is 0 Å². The van der Waals surface area contributed by atoms with Gasteiger partial charge < -0.3 is 18.9 Å². The number of rotatable bonds is 20. The molecule has 0 unspecified atom stereocenters. The number of ether oxygens (including phenoxy) is 4. The molecule has 2 aromatic rings. The third-order valence-electron chi connectivity index (χ3n) is 7.17. The summed E-state index contributed by atoms with van der Waals surface area (Å²) in [5.41, 5.74) is 6.72. The van der Waals surface area contributed by atoms with Crippen molar-refractivity contribution in [2.75, 3.05) is 27.4 Å². The largest absolute Gasteiger partial charge is 0.493 e. The molecule has 0 heterocycles. The molecule has 0 N–H and O–H groups in total. The number of carbonyl (C=O) groups is 2. The number of ketones is 2. The molecule has 0 amide bonds. The summed E-state index contributed by atoms with van der Waals surface area (Å²) in [5.74, 6) is 1.80. The molecular formula is C41H52O6. The molecule has 0 spiro atoms. The fraction of sp³-hybridized carbons (Fsp3) is 0.366. The second kappa shape index (κ2) is 21.3. The van der Waals surface area contributed by atoms with Gasteiger partial charge in [0.2, 0.25) is 0 Å². The highest BCUT2D eigenvalue weighted by atomic mass is 16.5. The van der Waals surface area contributed by atoms with E-state index in [1.165, 1.54) is 34.4 Å². The Morgan fingerprint density at radius 1 is 0.574 bits per heavy atom. The molecule has 252 valence electrons. The van der Waals surface area contributed by atoms with Crippen molar-refractivity contribution >= 4 is 23.7 Å². The minimum absolute atomic E-state index is 0.234. The summed E-state index contributed by atoms with van der Waals surface area (Å²) in [6.45, 7) is 13.5. The molecular weight excluding hydrogens is 588 g/mol. The van der Waals surface area contributed by atoms with Crippen LogP contribution < -0.4 is 18.9 Å². The Morgan fingerprint density at radius 2 is 0.979 bits per heavy atom. The maximum absolute atomic E-state index is 12.5. The van der Waals surface area contributed by atoms with Crippen molar-refractivity contribution in [2.24, 2.45) is 0 Å². The molecule has 6 nitrogen and oxygen atoms in total. The predicted molar refractivity (Wildman–Crippen MR) is 195 cm³/mol. The third kappa shape index (κ3) is 16.0. The summed E-state index contributed by atoms with van der Waals surface area (Å²) in [7, 11) is 3.16. The van der Waals surface area contributed by atoms with E-state index < -0.39 is 0 Å². The van der Waals surface area contributed by atoms with Crippen molar-refractivity contribution in [2.45, 2.75) is 73.6 Å². The number of benzene rings is 2. The lowest BCUT2D eigenvalue weighted by Crippen LogP contribution is -2.02. The molecule has 2 aromatic carbocycles. The van der Waals surface area contributed by atoms with Crippen LogP contribution in [0.15, 0.2) is 95.1 Å². The average molecular weight is 641 g/mol. The zero-order chi connectivity index (χ0) is 34.6. The molecule has 0 aliphatic rings. The van der Waals surface area contributed by atoms with Crippen molar-refractivity contribution in [3.63, 3.8) is 0 Å². The maximum atomic E-state index is 12.5. The van der Waals surface area contributed by atoms with Gasteiger partial charge in [0, 0.05) is 0 Å². The summed E-state index contributed by atoms with van der Waals surface area (Å²) >= 11 is 0. The summed E-state index contributed by atoms with van der Waals surface area (Å²) in [6, 6.07) is 10.9. The fourth-order valence-electron chi connectivity index (χ4n) is 4.41. The van der Waals surface area contributed by atoms with Crippen LogP contribution in [0.2, 0.25) is 0 Å². The minimum atomic E-state index is -0.293.